The van der Waals surface area contributed by atoms with E-state index < -0.39 is 0 Å². The lowest BCUT2D eigenvalue weighted by molar-refractivity contribution is 0.440. The molecule has 0 aliphatic heterocycles. The molecule has 1 fully saturated rings. The standard InChI is InChI=1S/C31H28N4/c1-2-15-31(14-1)16-13-27-25(21-3-7-23(8-4-21)28-17-32-19-34-28)11-12-26(30(27)31)22-5-9-24(10-6-22)29-18-33-20-35-29/h3-12,17-20H,1-2,13-16H2,(H,32,34)(H,33,35). The lowest BCUT2D eigenvalue weighted by Crippen LogP contribution is -2.19. The molecule has 172 valence electrons. The summed E-state index contributed by atoms with van der Waals surface area (Å²) in [5.41, 5.74) is 13.4. The van der Waals surface area contributed by atoms with Crippen LogP contribution in [0.5, 0.6) is 0 Å². The zero-order chi connectivity index (χ0) is 23.2. The van der Waals surface area contributed by atoms with Gasteiger partial charge in [-0.25, -0.2) is 9.97 Å². The first-order valence-electron chi connectivity index (χ1n) is 12.7. The van der Waals surface area contributed by atoms with Crippen molar-refractivity contribution in [2.24, 2.45) is 0 Å². The van der Waals surface area contributed by atoms with Crippen LogP contribution in [0.4, 0.5) is 0 Å². The van der Waals surface area contributed by atoms with Crippen molar-refractivity contribution in [3.05, 3.63) is 96.8 Å². The maximum Gasteiger partial charge on any atom is 0.0924 e. The van der Waals surface area contributed by atoms with Gasteiger partial charge in [-0.15, -0.1) is 0 Å². The Bertz CT molecular complexity index is 1450. The molecule has 2 aliphatic rings. The molecule has 0 unspecified atom stereocenters. The number of fused-ring (bicyclic) bond motifs is 2. The molecular formula is C31H28N4. The van der Waals surface area contributed by atoms with Gasteiger partial charge in [0.2, 0.25) is 0 Å². The largest absolute Gasteiger partial charge is 0.345 e. The second kappa shape index (κ2) is 8.09. The van der Waals surface area contributed by atoms with Gasteiger partial charge in [0.25, 0.3) is 0 Å². The summed E-state index contributed by atoms with van der Waals surface area (Å²) < 4.78 is 0. The minimum absolute atomic E-state index is 0.346. The first-order chi connectivity index (χ1) is 17.3. The van der Waals surface area contributed by atoms with Crippen molar-refractivity contribution in [2.75, 3.05) is 0 Å². The predicted octanol–water partition coefficient (Wildman–Crippen LogP) is 7.56. The number of benzene rings is 3. The highest BCUT2D eigenvalue weighted by molar-refractivity contribution is 5.81. The molecule has 0 amide bonds. The maximum absolute atomic E-state index is 4.17. The number of imidazole rings is 2. The zero-order valence-corrected chi connectivity index (χ0v) is 19.7. The molecule has 2 aromatic heterocycles. The Hall–Kier alpha value is -3.92. The van der Waals surface area contributed by atoms with E-state index in [0.717, 1.165) is 11.4 Å². The lowest BCUT2D eigenvalue weighted by Gasteiger charge is -2.28. The smallest absolute Gasteiger partial charge is 0.0924 e. The molecule has 2 heterocycles. The minimum atomic E-state index is 0.346. The van der Waals surface area contributed by atoms with Crippen molar-refractivity contribution < 1.29 is 0 Å². The summed E-state index contributed by atoms with van der Waals surface area (Å²) in [5.74, 6) is 0. The number of hydrogen-bond donors (Lipinski definition) is 2. The van der Waals surface area contributed by atoms with E-state index in [1.165, 1.54) is 71.9 Å². The topological polar surface area (TPSA) is 57.4 Å². The Morgan fingerprint density at radius 2 is 1.09 bits per heavy atom. The molecule has 4 heteroatoms. The van der Waals surface area contributed by atoms with Crippen LogP contribution in [0.25, 0.3) is 44.8 Å². The Balaban J connectivity index is 1.33. The fourth-order valence-corrected chi connectivity index (χ4v) is 6.55. The molecule has 3 aromatic carbocycles. The first-order valence-corrected chi connectivity index (χ1v) is 12.7. The highest BCUT2D eigenvalue weighted by Crippen LogP contribution is 2.55. The fraction of sp³-hybridized carbons (Fsp3) is 0.226. The predicted molar refractivity (Wildman–Crippen MR) is 141 cm³/mol. The van der Waals surface area contributed by atoms with Gasteiger partial charge in [-0.1, -0.05) is 73.5 Å². The SMILES string of the molecule is c1ncc(-c2ccc(-c3ccc(-c4ccc(-c5cnc[nH]5)cc4)c4c3CCC43CCCC3)cc2)[nH]1. The van der Waals surface area contributed by atoms with Gasteiger partial charge in [0, 0.05) is 0 Å². The van der Waals surface area contributed by atoms with Gasteiger partial charge in [-0.05, 0) is 75.6 Å². The second-order valence-corrected chi connectivity index (χ2v) is 10.1. The van der Waals surface area contributed by atoms with E-state index in [1.54, 1.807) is 23.8 Å². The van der Waals surface area contributed by atoms with Crippen molar-refractivity contribution in [3.63, 3.8) is 0 Å². The average molecular weight is 457 g/mol. The molecule has 4 nitrogen and oxygen atoms in total. The van der Waals surface area contributed by atoms with Crippen LogP contribution >= 0.6 is 0 Å². The fourth-order valence-electron chi connectivity index (χ4n) is 6.55. The van der Waals surface area contributed by atoms with Crippen LogP contribution in [0.2, 0.25) is 0 Å². The molecule has 35 heavy (non-hydrogen) atoms. The molecule has 1 spiro atoms. The van der Waals surface area contributed by atoms with E-state index in [4.69, 9.17) is 0 Å². The van der Waals surface area contributed by atoms with Crippen molar-refractivity contribution in [1.82, 2.24) is 19.9 Å². The zero-order valence-electron chi connectivity index (χ0n) is 19.7. The third kappa shape index (κ3) is 3.35. The molecule has 0 radical (unpaired) electrons. The van der Waals surface area contributed by atoms with Gasteiger partial charge < -0.3 is 9.97 Å². The highest BCUT2D eigenvalue weighted by atomic mass is 14.9. The highest BCUT2D eigenvalue weighted by Gasteiger charge is 2.43. The molecule has 0 bridgehead atoms. The summed E-state index contributed by atoms with van der Waals surface area (Å²) in [6.45, 7) is 0. The monoisotopic (exact) mass is 456 g/mol. The van der Waals surface area contributed by atoms with Crippen molar-refractivity contribution in [2.45, 2.75) is 43.9 Å². The van der Waals surface area contributed by atoms with Crippen LogP contribution in [-0.2, 0) is 11.8 Å². The van der Waals surface area contributed by atoms with E-state index in [-0.39, 0.29) is 0 Å². The molecule has 2 aliphatic carbocycles. The number of nitrogens with one attached hydrogen (secondary N) is 2. The van der Waals surface area contributed by atoms with Crippen LogP contribution in [0.1, 0.15) is 43.2 Å². The van der Waals surface area contributed by atoms with E-state index in [2.05, 4.69) is 80.6 Å². The van der Waals surface area contributed by atoms with Gasteiger partial charge in [0.05, 0.1) is 36.4 Å². The van der Waals surface area contributed by atoms with E-state index in [0.29, 0.717) is 5.41 Å². The van der Waals surface area contributed by atoms with Crippen LogP contribution in [-0.4, -0.2) is 19.9 Å². The summed E-state index contributed by atoms with van der Waals surface area (Å²) in [6.07, 6.45) is 15.0. The first kappa shape index (κ1) is 20.5. The Morgan fingerprint density at radius 3 is 1.63 bits per heavy atom. The van der Waals surface area contributed by atoms with Crippen molar-refractivity contribution in [1.29, 1.82) is 0 Å². The number of H-pyrrole nitrogens is 2. The lowest BCUT2D eigenvalue weighted by atomic mass is 9.76. The molecule has 5 aromatic rings. The van der Waals surface area contributed by atoms with Crippen molar-refractivity contribution in [3.8, 4) is 44.8 Å². The Kier molecular flexibility index (Phi) is 4.73. The minimum Gasteiger partial charge on any atom is -0.345 e. The molecular weight excluding hydrogens is 428 g/mol. The third-order valence-electron chi connectivity index (χ3n) is 8.27. The summed E-state index contributed by atoms with van der Waals surface area (Å²) in [4.78, 5) is 14.8. The van der Waals surface area contributed by atoms with E-state index >= 15 is 0 Å². The summed E-state index contributed by atoms with van der Waals surface area (Å²) in [5, 5.41) is 0. The van der Waals surface area contributed by atoms with Gasteiger partial charge >= 0.3 is 0 Å². The van der Waals surface area contributed by atoms with Gasteiger partial charge in [0.1, 0.15) is 0 Å². The second-order valence-electron chi connectivity index (χ2n) is 10.1. The van der Waals surface area contributed by atoms with Crippen LogP contribution in [0.15, 0.2) is 85.7 Å². The molecule has 0 saturated heterocycles. The summed E-state index contributed by atoms with van der Waals surface area (Å²) >= 11 is 0. The summed E-state index contributed by atoms with van der Waals surface area (Å²) in [7, 11) is 0. The quantitative estimate of drug-likeness (QED) is 0.293. The summed E-state index contributed by atoms with van der Waals surface area (Å²) in [6, 6.07) is 22.7. The maximum atomic E-state index is 4.17. The number of aromatic nitrogens is 4. The normalized spacial score (nSPS) is 16.1. The third-order valence-corrected chi connectivity index (χ3v) is 8.27. The van der Waals surface area contributed by atoms with Gasteiger partial charge in [-0.3, -0.25) is 0 Å². The van der Waals surface area contributed by atoms with E-state index in [9.17, 15) is 0 Å². The van der Waals surface area contributed by atoms with Crippen LogP contribution in [0, 0.1) is 0 Å². The molecule has 7 rings (SSSR count). The Morgan fingerprint density at radius 1 is 0.571 bits per heavy atom. The van der Waals surface area contributed by atoms with Crippen LogP contribution < -0.4 is 0 Å². The molecule has 1 saturated carbocycles. The van der Waals surface area contributed by atoms with Gasteiger partial charge in [-0.2, -0.15) is 0 Å². The number of rotatable bonds is 4. The molecule has 0 atom stereocenters. The van der Waals surface area contributed by atoms with E-state index in [1.807, 2.05) is 12.4 Å². The number of nitrogens with zero attached hydrogens (tertiary/aromatic N) is 2. The average Bonchev–Trinajstić information content (AvgIpc) is 3.74. The molecule has 2 N–H and O–H groups in total. The Labute approximate surface area is 205 Å². The number of hydrogen-bond acceptors (Lipinski definition) is 2. The van der Waals surface area contributed by atoms with Crippen LogP contribution in [0.3, 0.4) is 0 Å². The van der Waals surface area contributed by atoms with Gasteiger partial charge in [0.15, 0.2) is 0 Å². The van der Waals surface area contributed by atoms with Crippen molar-refractivity contribution >= 4 is 0 Å². The number of aromatic amines is 2.